The molecule has 4 nitrogen and oxygen atoms in total. The topological polar surface area (TPSA) is 41.6 Å². The number of amides is 2. The summed E-state index contributed by atoms with van der Waals surface area (Å²) >= 11 is 5.96. The Labute approximate surface area is 151 Å². The van der Waals surface area contributed by atoms with Gasteiger partial charge < -0.3 is 15.0 Å². The Morgan fingerprint density at radius 1 is 1.28 bits per heavy atom. The molecule has 0 saturated carbocycles. The summed E-state index contributed by atoms with van der Waals surface area (Å²) in [6.45, 7) is 4.42. The number of nitrogens with one attached hydrogen (secondary N) is 1. The van der Waals surface area contributed by atoms with Crippen molar-refractivity contribution in [3.8, 4) is 0 Å². The molecule has 2 amide bonds. The maximum Gasteiger partial charge on any atom is 0.322 e. The first-order valence-corrected chi connectivity index (χ1v) is 8.45. The Morgan fingerprint density at radius 2 is 2.04 bits per heavy atom. The average molecular weight is 363 g/mol. The number of nitrogens with zero attached hydrogens (tertiary/aromatic N) is 1. The van der Waals surface area contributed by atoms with Gasteiger partial charge >= 0.3 is 6.03 Å². The Bertz CT molecular complexity index is 782. The van der Waals surface area contributed by atoms with E-state index in [9.17, 15) is 9.18 Å². The molecule has 1 unspecified atom stereocenters. The van der Waals surface area contributed by atoms with Gasteiger partial charge in [-0.2, -0.15) is 0 Å². The smallest absolute Gasteiger partial charge is 0.322 e. The van der Waals surface area contributed by atoms with E-state index in [0.717, 1.165) is 0 Å². The standard InChI is InChI=1S/C19H20ClFN2O2/c1-19(2)12-25-17(15-8-3-4-9-16(15)21)11-23(19)18(24)22-14-7-5-6-13(20)10-14/h3-10,17H,11-12H2,1-2H3,(H,22,24). The number of rotatable bonds is 2. The number of ether oxygens (including phenoxy) is 1. The van der Waals surface area contributed by atoms with Crippen LogP contribution in [-0.2, 0) is 4.74 Å². The van der Waals surface area contributed by atoms with E-state index in [1.165, 1.54) is 6.07 Å². The van der Waals surface area contributed by atoms with Gasteiger partial charge in [-0.05, 0) is 38.1 Å². The second kappa shape index (κ2) is 7.02. The monoisotopic (exact) mass is 362 g/mol. The van der Waals surface area contributed by atoms with Gasteiger partial charge in [0.15, 0.2) is 0 Å². The lowest BCUT2D eigenvalue weighted by molar-refractivity contribution is -0.0795. The summed E-state index contributed by atoms with van der Waals surface area (Å²) in [5.41, 5.74) is 0.561. The van der Waals surface area contributed by atoms with E-state index >= 15 is 0 Å². The summed E-state index contributed by atoms with van der Waals surface area (Å²) in [4.78, 5) is 14.5. The van der Waals surface area contributed by atoms with Crippen LogP contribution in [0.5, 0.6) is 0 Å². The SMILES string of the molecule is CC1(C)COC(c2ccccc2F)CN1C(=O)Nc1cccc(Cl)c1. The number of carbonyl (C=O) groups is 1. The first-order valence-electron chi connectivity index (χ1n) is 8.07. The fourth-order valence-corrected chi connectivity index (χ4v) is 3.08. The van der Waals surface area contributed by atoms with Crippen molar-refractivity contribution in [3.05, 3.63) is 64.9 Å². The average Bonchev–Trinajstić information content (AvgIpc) is 2.55. The summed E-state index contributed by atoms with van der Waals surface area (Å²) in [6.07, 6.45) is -0.501. The van der Waals surface area contributed by atoms with Gasteiger partial charge in [0.05, 0.1) is 18.7 Å². The van der Waals surface area contributed by atoms with E-state index < -0.39 is 11.6 Å². The third-order valence-corrected chi connectivity index (χ3v) is 4.53. The molecule has 0 aromatic heterocycles. The number of urea groups is 1. The fraction of sp³-hybridized carbons (Fsp3) is 0.316. The lowest BCUT2D eigenvalue weighted by Crippen LogP contribution is -2.57. The van der Waals surface area contributed by atoms with Crippen LogP contribution in [0.3, 0.4) is 0 Å². The maximum absolute atomic E-state index is 14.1. The van der Waals surface area contributed by atoms with Gasteiger partial charge in [0, 0.05) is 16.3 Å². The largest absolute Gasteiger partial charge is 0.369 e. The Morgan fingerprint density at radius 3 is 2.76 bits per heavy atom. The molecule has 1 aliphatic rings. The van der Waals surface area contributed by atoms with Crippen molar-refractivity contribution in [2.24, 2.45) is 0 Å². The minimum absolute atomic E-state index is 0.264. The normalized spacial score (nSPS) is 19.5. The Balaban J connectivity index is 1.80. The lowest BCUT2D eigenvalue weighted by Gasteiger charge is -2.45. The number of halogens is 2. The first-order chi connectivity index (χ1) is 11.9. The molecule has 1 atom stereocenters. The van der Waals surface area contributed by atoms with Gasteiger partial charge in [0.1, 0.15) is 11.9 Å². The number of hydrogen-bond acceptors (Lipinski definition) is 2. The van der Waals surface area contributed by atoms with Gasteiger partial charge in [-0.1, -0.05) is 35.9 Å². The molecule has 1 heterocycles. The van der Waals surface area contributed by atoms with Crippen molar-refractivity contribution in [2.45, 2.75) is 25.5 Å². The summed E-state index contributed by atoms with van der Waals surface area (Å²) in [5.74, 6) is -0.331. The highest BCUT2D eigenvalue weighted by atomic mass is 35.5. The number of anilines is 1. The van der Waals surface area contributed by atoms with Crippen molar-refractivity contribution in [1.29, 1.82) is 0 Å². The second-order valence-corrected chi connectivity index (χ2v) is 7.12. The maximum atomic E-state index is 14.1. The quantitative estimate of drug-likeness (QED) is 0.828. The molecule has 2 aromatic carbocycles. The molecule has 1 aliphatic heterocycles. The van der Waals surface area contributed by atoms with Crippen LogP contribution in [0, 0.1) is 5.82 Å². The van der Waals surface area contributed by atoms with Gasteiger partial charge in [-0.15, -0.1) is 0 Å². The van der Waals surface area contributed by atoms with Crippen molar-refractivity contribution >= 4 is 23.3 Å². The van der Waals surface area contributed by atoms with Crippen LogP contribution in [-0.4, -0.2) is 29.6 Å². The molecular weight excluding hydrogens is 343 g/mol. The van der Waals surface area contributed by atoms with Gasteiger partial charge in [-0.3, -0.25) is 0 Å². The van der Waals surface area contributed by atoms with Crippen LogP contribution in [0.1, 0.15) is 25.5 Å². The molecule has 132 valence electrons. The highest BCUT2D eigenvalue weighted by molar-refractivity contribution is 6.30. The molecule has 0 aliphatic carbocycles. The highest BCUT2D eigenvalue weighted by Gasteiger charge is 2.39. The molecule has 25 heavy (non-hydrogen) atoms. The van der Waals surface area contributed by atoms with E-state index in [1.54, 1.807) is 47.4 Å². The summed E-state index contributed by atoms with van der Waals surface area (Å²) < 4.78 is 19.9. The highest BCUT2D eigenvalue weighted by Crippen LogP contribution is 2.32. The van der Waals surface area contributed by atoms with Crippen molar-refractivity contribution in [3.63, 3.8) is 0 Å². The number of benzene rings is 2. The molecule has 2 aromatic rings. The molecule has 0 radical (unpaired) electrons. The number of carbonyl (C=O) groups excluding carboxylic acids is 1. The molecule has 0 spiro atoms. The van der Waals surface area contributed by atoms with E-state index in [1.807, 2.05) is 13.8 Å². The summed E-state index contributed by atoms with van der Waals surface area (Å²) in [7, 11) is 0. The zero-order valence-electron chi connectivity index (χ0n) is 14.1. The van der Waals surface area contributed by atoms with Crippen LogP contribution >= 0.6 is 11.6 Å². The molecular formula is C19H20ClFN2O2. The Kier molecular flexibility index (Phi) is 4.97. The fourth-order valence-electron chi connectivity index (χ4n) is 2.89. The zero-order chi connectivity index (χ0) is 18.0. The minimum atomic E-state index is -0.510. The van der Waals surface area contributed by atoms with Crippen LogP contribution < -0.4 is 5.32 Å². The van der Waals surface area contributed by atoms with Crippen molar-refractivity contribution < 1.29 is 13.9 Å². The summed E-state index contributed by atoms with van der Waals surface area (Å²) in [5, 5.41) is 3.39. The molecule has 1 saturated heterocycles. The predicted molar refractivity (Wildman–Crippen MR) is 96.3 cm³/mol. The Hall–Kier alpha value is -2.11. The summed E-state index contributed by atoms with van der Waals surface area (Å²) in [6, 6.07) is 13.2. The van der Waals surface area contributed by atoms with E-state index in [0.29, 0.717) is 22.9 Å². The third kappa shape index (κ3) is 3.94. The van der Waals surface area contributed by atoms with E-state index in [4.69, 9.17) is 16.3 Å². The van der Waals surface area contributed by atoms with Gasteiger partial charge in [0.2, 0.25) is 0 Å². The number of hydrogen-bond donors (Lipinski definition) is 1. The van der Waals surface area contributed by atoms with Crippen LogP contribution in [0.25, 0.3) is 0 Å². The predicted octanol–water partition coefficient (Wildman–Crippen LogP) is 4.86. The zero-order valence-corrected chi connectivity index (χ0v) is 14.9. The van der Waals surface area contributed by atoms with Gasteiger partial charge in [-0.25, -0.2) is 9.18 Å². The third-order valence-electron chi connectivity index (χ3n) is 4.29. The van der Waals surface area contributed by atoms with E-state index in [2.05, 4.69) is 5.32 Å². The first kappa shape index (κ1) is 17.7. The van der Waals surface area contributed by atoms with Crippen molar-refractivity contribution in [2.75, 3.05) is 18.5 Å². The minimum Gasteiger partial charge on any atom is -0.369 e. The van der Waals surface area contributed by atoms with Crippen LogP contribution in [0.4, 0.5) is 14.9 Å². The van der Waals surface area contributed by atoms with Crippen LogP contribution in [0.2, 0.25) is 5.02 Å². The second-order valence-electron chi connectivity index (χ2n) is 6.68. The van der Waals surface area contributed by atoms with Gasteiger partial charge in [0.25, 0.3) is 0 Å². The van der Waals surface area contributed by atoms with Crippen LogP contribution in [0.15, 0.2) is 48.5 Å². The molecule has 0 bridgehead atoms. The molecule has 1 N–H and O–H groups in total. The molecule has 3 rings (SSSR count). The molecule has 6 heteroatoms. The van der Waals surface area contributed by atoms with E-state index in [-0.39, 0.29) is 18.4 Å². The van der Waals surface area contributed by atoms with Crippen molar-refractivity contribution in [1.82, 2.24) is 4.90 Å². The number of morpholine rings is 1. The lowest BCUT2D eigenvalue weighted by atomic mass is 9.98. The molecule has 1 fully saturated rings.